The Morgan fingerprint density at radius 3 is 2.23 bits per heavy atom. The third-order valence-electron chi connectivity index (χ3n) is 6.02. The lowest BCUT2D eigenvalue weighted by Crippen LogP contribution is -2.31. The van der Waals surface area contributed by atoms with Crippen LogP contribution in [0.1, 0.15) is 64.8 Å². The van der Waals surface area contributed by atoms with Crippen molar-refractivity contribution in [2.45, 2.75) is 60.4 Å². The van der Waals surface area contributed by atoms with E-state index in [1.165, 1.54) is 0 Å². The number of pyridine rings is 1. The minimum atomic E-state index is -0.328. The van der Waals surface area contributed by atoms with Crippen LogP contribution in [0.5, 0.6) is 0 Å². The first-order valence-electron chi connectivity index (χ1n) is 11.1. The molecular formula is C27H32N2O2. The van der Waals surface area contributed by atoms with Gasteiger partial charge in [0.05, 0.1) is 0 Å². The van der Waals surface area contributed by atoms with Gasteiger partial charge in [-0.2, -0.15) is 0 Å². The van der Waals surface area contributed by atoms with E-state index < -0.39 is 0 Å². The highest BCUT2D eigenvalue weighted by atomic mass is 16.2. The van der Waals surface area contributed by atoms with Crippen LogP contribution in [0.25, 0.3) is 0 Å². The van der Waals surface area contributed by atoms with Crippen molar-refractivity contribution in [2.75, 3.05) is 5.32 Å². The van der Waals surface area contributed by atoms with E-state index in [2.05, 4.69) is 35.9 Å². The summed E-state index contributed by atoms with van der Waals surface area (Å²) >= 11 is 0. The Morgan fingerprint density at radius 2 is 1.61 bits per heavy atom. The average Bonchev–Trinajstić information content (AvgIpc) is 2.77. The summed E-state index contributed by atoms with van der Waals surface area (Å²) in [5.41, 5.74) is 6.57. The summed E-state index contributed by atoms with van der Waals surface area (Å²) in [7, 11) is 0. The van der Waals surface area contributed by atoms with Crippen molar-refractivity contribution in [2.24, 2.45) is 0 Å². The maximum absolute atomic E-state index is 13.4. The van der Waals surface area contributed by atoms with Gasteiger partial charge in [0.15, 0.2) is 5.43 Å². The number of para-hydroxylation sites is 1. The molecule has 1 N–H and O–H groups in total. The zero-order valence-electron chi connectivity index (χ0n) is 19.2. The first-order valence-corrected chi connectivity index (χ1v) is 11.1. The van der Waals surface area contributed by atoms with E-state index in [1.54, 1.807) is 0 Å². The summed E-state index contributed by atoms with van der Waals surface area (Å²) in [6.45, 7) is 10.6. The highest BCUT2D eigenvalue weighted by Gasteiger charge is 2.23. The normalized spacial score (nSPS) is 10.9. The second-order valence-corrected chi connectivity index (χ2v) is 7.91. The van der Waals surface area contributed by atoms with Gasteiger partial charge in [-0.15, -0.1) is 0 Å². The molecule has 0 radical (unpaired) electrons. The maximum Gasteiger partial charge on any atom is 0.261 e. The average molecular weight is 417 g/mol. The Hall–Kier alpha value is -3.14. The van der Waals surface area contributed by atoms with Crippen LogP contribution in [-0.2, 0) is 25.8 Å². The lowest BCUT2D eigenvalue weighted by molar-refractivity contribution is 0.102. The molecule has 0 saturated carbocycles. The van der Waals surface area contributed by atoms with E-state index in [4.69, 9.17) is 0 Å². The van der Waals surface area contributed by atoms with Gasteiger partial charge in [0.25, 0.3) is 5.91 Å². The number of aryl methyl sites for hydroxylation is 2. The molecule has 0 atom stereocenters. The molecule has 0 aliphatic rings. The van der Waals surface area contributed by atoms with Gasteiger partial charge in [-0.3, -0.25) is 9.59 Å². The van der Waals surface area contributed by atoms with Crippen molar-refractivity contribution < 1.29 is 4.79 Å². The number of rotatable bonds is 7. The molecule has 1 aromatic heterocycles. The van der Waals surface area contributed by atoms with Crippen LogP contribution < -0.4 is 10.7 Å². The number of nitrogens with zero attached hydrogens (tertiary/aromatic N) is 1. The van der Waals surface area contributed by atoms with Crippen LogP contribution in [0.15, 0.2) is 53.3 Å². The molecule has 1 amide bonds. The molecule has 162 valence electrons. The minimum Gasteiger partial charge on any atom is -0.343 e. The highest BCUT2D eigenvalue weighted by molar-refractivity contribution is 6.06. The fraction of sp³-hybridized carbons (Fsp3) is 0.333. The highest BCUT2D eigenvalue weighted by Crippen LogP contribution is 2.23. The van der Waals surface area contributed by atoms with E-state index >= 15 is 0 Å². The predicted molar refractivity (Wildman–Crippen MR) is 128 cm³/mol. The number of anilines is 1. The Morgan fingerprint density at radius 1 is 0.903 bits per heavy atom. The number of benzene rings is 2. The van der Waals surface area contributed by atoms with E-state index in [-0.39, 0.29) is 16.9 Å². The molecule has 0 aliphatic carbocycles. The van der Waals surface area contributed by atoms with Crippen molar-refractivity contribution in [1.29, 1.82) is 0 Å². The Balaban J connectivity index is 2.15. The van der Waals surface area contributed by atoms with Gasteiger partial charge in [-0.1, -0.05) is 69.3 Å². The zero-order valence-corrected chi connectivity index (χ0v) is 19.2. The summed E-state index contributed by atoms with van der Waals surface area (Å²) < 4.78 is 2.14. The van der Waals surface area contributed by atoms with Crippen LogP contribution in [0.4, 0.5) is 5.69 Å². The van der Waals surface area contributed by atoms with E-state index in [1.807, 2.05) is 57.2 Å². The van der Waals surface area contributed by atoms with Crippen LogP contribution in [0.3, 0.4) is 0 Å². The molecule has 0 fully saturated rings. The van der Waals surface area contributed by atoms with Gasteiger partial charge in [-0.05, 0) is 49.8 Å². The molecule has 3 aromatic rings. The molecular weight excluding hydrogens is 384 g/mol. The van der Waals surface area contributed by atoms with Crippen LogP contribution >= 0.6 is 0 Å². The molecule has 0 aliphatic heterocycles. The van der Waals surface area contributed by atoms with Crippen LogP contribution in [0, 0.1) is 13.8 Å². The second-order valence-electron chi connectivity index (χ2n) is 7.91. The number of carbonyl (C=O) groups excluding carboxylic acids is 1. The molecule has 31 heavy (non-hydrogen) atoms. The number of nitrogens with one attached hydrogen (secondary N) is 1. The van der Waals surface area contributed by atoms with Crippen molar-refractivity contribution in [3.8, 4) is 0 Å². The molecule has 0 saturated heterocycles. The standard InChI is InChI=1S/C27H32N2O2/c1-6-21-16-12-13-18(4)25(21)28-27(31)24-19(5)29(17-20-14-10-9-11-15-20)23(8-3)22(7-2)26(24)30/h9-16H,6-8,17H2,1-5H3,(H,28,31). The third-order valence-corrected chi connectivity index (χ3v) is 6.02. The SMILES string of the molecule is CCc1cccc(C)c1NC(=O)c1c(C)n(Cc2ccccc2)c(CC)c(CC)c1=O. The topological polar surface area (TPSA) is 51.1 Å². The monoisotopic (exact) mass is 416 g/mol. The molecule has 2 aromatic carbocycles. The number of aromatic nitrogens is 1. The van der Waals surface area contributed by atoms with Gasteiger partial charge in [0, 0.05) is 29.2 Å². The van der Waals surface area contributed by atoms with Crippen LogP contribution in [-0.4, -0.2) is 10.5 Å². The predicted octanol–water partition coefficient (Wildman–Crippen LogP) is 5.45. The van der Waals surface area contributed by atoms with Crippen molar-refractivity contribution in [3.05, 3.63) is 98.0 Å². The number of amides is 1. The largest absolute Gasteiger partial charge is 0.343 e. The van der Waals surface area contributed by atoms with Gasteiger partial charge in [0.1, 0.15) is 5.56 Å². The van der Waals surface area contributed by atoms with Crippen molar-refractivity contribution in [1.82, 2.24) is 4.57 Å². The van der Waals surface area contributed by atoms with E-state index in [0.717, 1.165) is 46.5 Å². The number of hydrogen-bond acceptors (Lipinski definition) is 2. The molecule has 0 unspecified atom stereocenters. The Labute approximate surface area is 184 Å². The summed E-state index contributed by atoms with van der Waals surface area (Å²) in [5.74, 6) is -0.328. The van der Waals surface area contributed by atoms with Gasteiger partial charge in [0.2, 0.25) is 0 Å². The lowest BCUT2D eigenvalue weighted by Gasteiger charge is -2.22. The minimum absolute atomic E-state index is 0.148. The second kappa shape index (κ2) is 9.78. The summed E-state index contributed by atoms with van der Waals surface area (Å²) in [4.78, 5) is 26.8. The Kier molecular flexibility index (Phi) is 7.11. The summed E-state index contributed by atoms with van der Waals surface area (Å²) in [5, 5.41) is 3.06. The first-order chi connectivity index (χ1) is 14.9. The molecule has 3 rings (SSSR count). The van der Waals surface area contributed by atoms with Crippen molar-refractivity contribution >= 4 is 11.6 Å². The van der Waals surface area contributed by atoms with Gasteiger partial charge >= 0.3 is 0 Å². The number of carbonyl (C=O) groups is 1. The quantitative estimate of drug-likeness (QED) is 0.556. The fourth-order valence-corrected chi connectivity index (χ4v) is 4.34. The zero-order chi connectivity index (χ0) is 22.5. The molecule has 1 heterocycles. The molecule has 4 nitrogen and oxygen atoms in total. The van der Waals surface area contributed by atoms with Gasteiger partial charge < -0.3 is 9.88 Å². The summed E-state index contributed by atoms with van der Waals surface area (Å²) in [6, 6.07) is 16.1. The molecule has 0 spiro atoms. The fourth-order valence-electron chi connectivity index (χ4n) is 4.34. The van der Waals surface area contributed by atoms with Gasteiger partial charge in [-0.25, -0.2) is 0 Å². The van der Waals surface area contributed by atoms with E-state index in [9.17, 15) is 9.59 Å². The first kappa shape index (κ1) is 22.5. The molecule has 0 bridgehead atoms. The smallest absolute Gasteiger partial charge is 0.261 e. The van der Waals surface area contributed by atoms with Crippen LogP contribution in [0.2, 0.25) is 0 Å². The Bertz CT molecular complexity index is 1140. The molecule has 4 heteroatoms. The number of hydrogen-bond donors (Lipinski definition) is 1. The summed E-state index contributed by atoms with van der Waals surface area (Å²) in [6.07, 6.45) is 2.15. The van der Waals surface area contributed by atoms with E-state index in [0.29, 0.717) is 18.7 Å². The lowest BCUT2D eigenvalue weighted by atomic mass is 10.00. The maximum atomic E-state index is 13.4. The van der Waals surface area contributed by atoms with Crippen molar-refractivity contribution in [3.63, 3.8) is 0 Å². The third kappa shape index (κ3) is 4.48.